The van der Waals surface area contributed by atoms with E-state index >= 15 is 0 Å². The lowest BCUT2D eigenvalue weighted by atomic mass is 10.1. The minimum Gasteiger partial charge on any atom is -0.481 e. The number of aliphatic carboxylic acids is 1. The van der Waals surface area contributed by atoms with Crippen LogP contribution in [0.5, 0.6) is 0 Å². The average Bonchev–Trinajstić information content (AvgIpc) is 2.89. The van der Waals surface area contributed by atoms with Crippen LogP contribution in [0.2, 0.25) is 0 Å². The Kier molecular flexibility index (Phi) is 5.31. The quantitative estimate of drug-likeness (QED) is 0.745. The SMILES string of the molecule is O=C(O)Cc1ccc(NC2CC(=O)N(CCc3ccccc3)C2=O)cc1. The smallest absolute Gasteiger partial charge is 0.307 e. The molecule has 3 rings (SSSR count). The van der Waals surface area contributed by atoms with Crippen LogP contribution in [-0.2, 0) is 27.2 Å². The number of benzene rings is 2. The van der Waals surface area contributed by atoms with Gasteiger partial charge >= 0.3 is 5.97 Å². The lowest BCUT2D eigenvalue weighted by molar-refractivity contribution is -0.139. The molecule has 0 radical (unpaired) electrons. The van der Waals surface area contributed by atoms with Gasteiger partial charge in [0.15, 0.2) is 0 Å². The summed E-state index contributed by atoms with van der Waals surface area (Å²) in [4.78, 5) is 36.7. The molecule has 0 aromatic heterocycles. The normalized spacial score (nSPS) is 16.8. The van der Waals surface area contributed by atoms with Crippen LogP contribution < -0.4 is 5.32 Å². The summed E-state index contributed by atoms with van der Waals surface area (Å²) >= 11 is 0. The number of carbonyl (C=O) groups is 3. The summed E-state index contributed by atoms with van der Waals surface area (Å²) in [6.45, 7) is 0.372. The lowest BCUT2D eigenvalue weighted by Crippen LogP contribution is -2.36. The summed E-state index contributed by atoms with van der Waals surface area (Å²) in [6.07, 6.45) is 0.716. The van der Waals surface area contributed by atoms with Crippen LogP contribution in [-0.4, -0.2) is 40.4 Å². The first-order chi connectivity index (χ1) is 12.5. The number of nitrogens with zero attached hydrogens (tertiary/aromatic N) is 1. The molecule has 1 heterocycles. The minimum absolute atomic E-state index is 0.0472. The molecule has 0 saturated carbocycles. The maximum atomic E-state index is 12.5. The van der Waals surface area contributed by atoms with E-state index in [4.69, 9.17) is 5.11 Å². The first-order valence-electron chi connectivity index (χ1n) is 8.48. The van der Waals surface area contributed by atoms with Crippen molar-refractivity contribution in [3.8, 4) is 0 Å². The third-order valence-corrected chi connectivity index (χ3v) is 4.36. The largest absolute Gasteiger partial charge is 0.481 e. The predicted molar refractivity (Wildman–Crippen MR) is 96.7 cm³/mol. The standard InChI is InChI=1S/C20H20N2O4/c23-18-13-17(21-16-8-6-15(7-9-16)12-19(24)25)20(26)22(18)11-10-14-4-2-1-3-5-14/h1-9,17,21H,10-13H2,(H,24,25). The molecule has 1 aliphatic rings. The summed E-state index contributed by atoms with van der Waals surface area (Å²) in [6, 6.07) is 16.0. The van der Waals surface area contributed by atoms with E-state index in [1.54, 1.807) is 24.3 Å². The highest BCUT2D eigenvalue weighted by atomic mass is 16.4. The minimum atomic E-state index is -0.892. The molecule has 6 heteroatoms. The van der Waals surface area contributed by atoms with Crippen molar-refractivity contribution >= 4 is 23.5 Å². The molecule has 26 heavy (non-hydrogen) atoms. The molecular formula is C20H20N2O4. The Bertz CT molecular complexity index is 802. The van der Waals surface area contributed by atoms with E-state index in [-0.39, 0.29) is 24.7 Å². The molecule has 6 nitrogen and oxygen atoms in total. The van der Waals surface area contributed by atoms with E-state index in [0.717, 1.165) is 5.56 Å². The predicted octanol–water partition coefficient (Wildman–Crippen LogP) is 2.10. The summed E-state index contributed by atoms with van der Waals surface area (Å²) in [7, 11) is 0. The zero-order valence-corrected chi connectivity index (χ0v) is 14.2. The second kappa shape index (κ2) is 7.82. The van der Waals surface area contributed by atoms with Gasteiger partial charge in [-0.2, -0.15) is 0 Å². The van der Waals surface area contributed by atoms with E-state index in [9.17, 15) is 14.4 Å². The lowest BCUT2D eigenvalue weighted by Gasteiger charge is -2.16. The van der Waals surface area contributed by atoms with Crippen molar-refractivity contribution < 1.29 is 19.5 Å². The molecule has 0 spiro atoms. The molecule has 1 atom stereocenters. The van der Waals surface area contributed by atoms with Crippen LogP contribution in [0.1, 0.15) is 17.5 Å². The third kappa shape index (κ3) is 4.27. The van der Waals surface area contributed by atoms with E-state index in [2.05, 4.69) is 5.32 Å². The third-order valence-electron chi connectivity index (χ3n) is 4.36. The fraction of sp³-hybridized carbons (Fsp3) is 0.250. The molecule has 0 bridgehead atoms. The summed E-state index contributed by atoms with van der Waals surface area (Å²) in [5.74, 6) is -1.29. The van der Waals surface area contributed by atoms with Crippen LogP contribution in [0.25, 0.3) is 0 Å². The van der Waals surface area contributed by atoms with Gasteiger partial charge in [0.25, 0.3) is 5.91 Å². The van der Waals surface area contributed by atoms with Gasteiger partial charge < -0.3 is 10.4 Å². The molecule has 2 amide bonds. The summed E-state index contributed by atoms with van der Waals surface area (Å²) in [5, 5.41) is 11.9. The number of imide groups is 1. The van der Waals surface area contributed by atoms with Gasteiger partial charge in [-0.3, -0.25) is 19.3 Å². The number of anilines is 1. The highest BCUT2D eigenvalue weighted by molar-refractivity contribution is 6.06. The number of amides is 2. The second-order valence-electron chi connectivity index (χ2n) is 6.29. The average molecular weight is 352 g/mol. The van der Waals surface area contributed by atoms with Gasteiger partial charge in [0.1, 0.15) is 6.04 Å². The maximum absolute atomic E-state index is 12.5. The Morgan fingerprint density at radius 2 is 1.73 bits per heavy atom. The van der Waals surface area contributed by atoms with Gasteiger partial charge in [0.2, 0.25) is 5.91 Å². The number of hydrogen-bond acceptors (Lipinski definition) is 4. The second-order valence-corrected chi connectivity index (χ2v) is 6.29. The van der Waals surface area contributed by atoms with Crippen molar-refractivity contribution in [3.05, 3.63) is 65.7 Å². The molecule has 2 aromatic rings. The van der Waals surface area contributed by atoms with Crippen LogP contribution in [0.3, 0.4) is 0 Å². The van der Waals surface area contributed by atoms with Crippen LogP contribution in [0.4, 0.5) is 5.69 Å². The van der Waals surface area contributed by atoms with Crippen molar-refractivity contribution in [1.29, 1.82) is 0 Å². The molecule has 0 aliphatic carbocycles. The molecule has 1 fully saturated rings. The fourth-order valence-electron chi connectivity index (χ4n) is 3.01. The molecule has 1 unspecified atom stereocenters. The first kappa shape index (κ1) is 17.7. The van der Waals surface area contributed by atoms with Crippen LogP contribution in [0, 0.1) is 0 Å². The summed E-state index contributed by atoms with van der Waals surface area (Å²) < 4.78 is 0. The number of carboxylic acids is 1. The molecule has 1 aliphatic heterocycles. The Morgan fingerprint density at radius 3 is 2.38 bits per heavy atom. The van der Waals surface area contributed by atoms with Gasteiger partial charge in [-0.05, 0) is 29.7 Å². The van der Waals surface area contributed by atoms with Gasteiger partial charge in [-0.1, -0.05) is 42.5 Å². The molecular weight excluding hydrogens is 332 g/mol. The fourth-order valence-corrected chi connectivity index (χ4v) is 3.01. The van der Waals surface area contributed by atoms with E-state index in [0.29, 0.717) is 24.2 Å². The molecule has 1 saturated heterocycles. The molecule has 2 N–H and O–H groups in total. The van der Waals surface area contributed by atoms with Crippen molar-refractivity contribution in [2.45, 2.75) is 25.3 Å². The number of rotatable bonds is 7. The molecule has 2 aromatic carbocycles. The highest BCUT2D eigenvalue weighted by Gasteiger charge is 2.38. The zero-order valence-electron chi connectivity index (χ0n) is 14.2. The van der Waals surface area contributed by atoms with Gasteiger partial charge in [0.05, 0.1) is 12.8 Å². The van der Waals surface area contributed by atoms with E-state index < -0.39 is 12.0 Å². The van der Waals surface area contributed by atoms with Crippen molar-refractivity contribution in [2.75, 3.05) is 11.9 Å². The van der Waals surface area contributed by atoms with Gasteiger partial charge in [-0.15, -0.1) is 0 Å². The summed E-state index contributed by atoms with van der Waals surface area (Å²) in [5.41, 5.74) is 2.45. The number of hydrogen-bond donors (Lipinski definition) is 2. The van der Waals surface area contributed by atoms with Crippen LogP contribution in [0.15, 0.2) is 54.6 Å². The molecule has 134 valence electrons. The van der Waals surface area contributed by atoms with E-state index in [1.807, 2.05) is 30.3 Å². The number of likely N-dealkylation sites (tertiary alicyclic amines) is 1. The Hall–Kier alpha value is -3.15. The topological polar surface area (TPSA) is 86.7 Å². The van der Waals surface area contributed by atoms with Crippen molar-refractivity contribution in [1.82, 2.24) is 4.90 Å². The Morgan fingerprint density at radius 1 is 1.04 bits per heavy atom. The van der Waals surface area contributed by atoms with Crippen LogP contribution >= 0.6 is 0 Å². The van der Waals surface area contributed by atoms with Gasteiger partial charge in [0, 0.05) is 12.2 Å². The highest BCUT2D eigenvalue weighted by Crippen LogP contribution is 2.19. The maximum Gasteiger partial charge on any atom is 0.307 e. The number of carbonyl (C=O) groups excluding carboxylic acids is 2. The number of carboxylic acid groups (broad SMARTS) is 1. The van der Waals surface area contributed by atoms with Crippen molar-refractivity contribution in [3.63, 3.8) is 0 Å². The van der Waals surface area contributed by atoms with Gasteiger partial charge in [-0.25, -0.2) is 0 Å². The number of nitrogens with one attached hydrogen (secondary N) is 1. The monoisotopic (exact) mass is 352 g/mol. The Balaban J connectivity index is 1.58. The zero-order chi connectivity index (χ0) is 18.5. The first-order valence-corrected chi connectivity index (χ1v) is 8.48. The van der Waals surface area contributed by atoms with Crippen molar-refractivity contribution in [2.24, 2.45) is 0 Å². The Labute approximate surface area is 151 Å². The van der Waals surface area contributed by atoms with E-state index in [1.165, 1.54) is 4.90 Å².